The molecule has 0 unspecified atom stereocenters. The third-order valence-electron chi connectivity index (χ3n) is 10.3. The van der Waals surface area contributed by atoms with Crippen molar-refractivity contribution in [3.05, 3.63) is 182 Å². The highest BCUT2D eigenvalue weighted by Gasteiger charge is 2.22. The zero-order valence-corrected chi connectivity index (χ0v) is 28.9. The summed E-state index contributed by atoms with van der Waals surface area (Å²) in [4.78, 5) is 7.11. The van der Waals surface area contributed by atoms with Crippen molar-refractivity contribution >= 4 is 72.0 Å². The number of oxazole rings is 1. The van der Waals surface area contributed by atoms with Crippen molar-refractivity contribution in [1.82, 2.24) is 4.98 Å². The topological polar surface area (TPSA) is 55.6 Å². The van der Waals surface area contributed by atoms with E-state index in [1.807, 2.05) is 60.7 Å². The van der Waals surface area contributed by atoms with E-state index in [0.29, 0.717) is 5.89 Å². The Balaban J connectivity index is 1.09. The average molecular weight is 695 g/mol. The van der Waals surface area contributed by atoms with Crippen molar-refractivity contribution in [2.24, 2.45) is 0 Å². The maximum atomic E-state index is 6.58. The number of rotatable bonds is 6. The van der Waals surface area contributed by atoms with Crippen LogP contribution in [-0.2, 0) is 0 Å². The van der Waals surface area contributed by atoms with E-state index in [1.54, 1.807) is 0 Å². The van der Waals surface area contributed by atoms with Gasteiger partial charge in [0.05, 0.1) is 16.5 Å². The van der Waals surface area contributed by atoms with Crippen LogP contribution in [0, 0.1) is 0 Å². The first-order valence-corrected chi connectivity index (χ1v) is 18.0. The normalized spacial score (nSPS) is 11.7. The van der Waals surface area contributed by atoms with E-state index in [2.05, 4.69) is 126 Å². The van der Waals surface area contributed by atoms with E-state index < -0.39 is 0 Å². The summed E-state index contributed by atoms with van der Waals surface area (Å²) >= 11 is 0. The molecule has 0 saturated heterocycles. The summed E-state index contributed by atoms with van der Waals surface area (Å²) in [5.74, 6) is 0.588. The fraction of sp³-hybridized carbons (Fsp3) is 0. The molecule has 11 rings (SSSR count). The molecule has 0 saturated carbocycles. The van der Waals surface area contributed by atoms with E-state index in [0.717, 1.165) is 83.2 Å². The van der Waals surface area contributed by atoms with Crippen LogP contribution in [0.25, 0.3) is 88.7 Å². The van der Waals surface area contributed by atoms with Crippen molar-refractivity contribution in [2.45, 2.75) is 0 Å². The molecule has 254 valence electrons. The first kappa shape index (κ1) is 30.3. The second-order valence-corrected chi connectivity index (χ2v) is 13.5. The number of aromatic nitrogens is 1. The summed E-state index contributed by atoms with van der Waals surface area (Å²) < 4.78 is 19.4. The molecule has 3 heterocycles. The summed E-state index contributed by atoms with van der Waals surface area (Å²) in [6, 6.07) is 62.8. The van der Waals surface area contributed by atoms with Gasteiger partial charge >= 0.3 is 0 Å². The number of hydrogen-bond donors (Lipinski definition) is 0. The molecule has 0 atom stereocenters. The zero-order valence-electron chi connectivity index (χ0n) is 28.9. The lowest BCUT2D eigenvalue weighted by atomic mass is 9.94. The maximum Gasteiger partial charge on any atom is 0.227 e. The van der Waals surface area contributed by atoms with Gasteiger partial charge in [0, 0.05) is 33.8 Å². The monoisotopic (exact) mass is 694 g/mol. The number of hydrogen-bond acceptors (Lipinski definition) is 5. The van der Waals surface area contributed by atoms with E-state index >= 15 is 0 Å². The minimum atomic E-state index is 0.588. The molecule has 5 heteroatoms. The van der Waals surface area contributed by atoms with Crippen LogP contribution < -0.4 is 4.90 Å². The molecule has 0 bridgehead atoms. The van der Waals surface area contributed by atoms with Crippen LogP contribution in [-0.4, -0.2) is 4.98 Å². The Kier molecular flexibility index (Phi) is 6.79. The summed E-state index contributed by atoms with van der Waals surface area (Å²) in [5, 5.41) is 4.00. The van der Waals surface area contributed by atoms with Gasteiger partial charge in [-0.15, -0.1) is 0 Å². The van der Waals surface area contributed by atoms with Gasteiger partial charge in [-0.1, -0.05) is 109 Å². The second-order valence-electron chi connectivity index (χ2n) is 13.5. The predicted molar refractivity (Wildman–Crippen MR) is 220 cm³/mol. The molecule has 8 aromatic carbocycles. The summed E-state index contributed by atoms with van der Waals surface area (Å²) in [7, 11) is 0. The summed E-state index contributed by atoms with van der Waals surface area (Å²) in [6.45, 7) is 0. The third kappa shape index (κ3) is 4.83. The number of nitrogens with zero attached hydrogens (tertiary/aromatic N) is 2. The van der Waals surface area contributed by atoms with Crippen LogP contribution in [0.4, 0.5) is 17.1 Å². The molecule has 0 aliphatic carbocycles. The molecule has 5 nitrogen and oxygen atoms in total. The van der Waals surface area contributed by atoms with Gasteiger partial charge in [0.15, 0.2) is 5.58 Å². The van der Waals surface area contributed by atoms with Gasteiger partial charge in [0.25, 0.3) is 0 Å². The molecular formula is C49H30N2O3. The minimum absolute atomic E-state index is 0.588. The molecule has 11 aromatic rings. The van der Waals surface area contributed by atoms with E-state index in [4.69, 9.17) is 18.2 Å². The fourth-order valence-electron chi connectivity index (χ4n) is 7.84. The smallest absolute Gasteiger partial charge is 0.227 e. The first-order valence-electron chi connectivity index (χ1n) is 18.0. The second kappa shape index (κ2) is 12.1. The lowest BCUT2D eigenvalue weighted by molar-refractivity contribution is 0.622. The molecule has 54 heavy (non-hydrogen) atoms. The van der Waals surface area contributed by atoms with E-state index in [9.17, 15) is 0 Å². The Hall–Kier alpha value is -7.37. The highest BCUT2D eigenvalue weighted by molar-refractivity contribution is 6.17. The van der Waals surface area contributed by atoms with Gasteiger partial charge in [-0.2, -0.15) is 0 Å². The van der Waals surface area contributed by atoms with Crippen LogP contribution in [0.1, 0.15) is 0 Å². The highest BCUT2D eigenvalue weighted by Crippen LogP contribution is 2.45. The standard InChI is InChI=1S/C49H30N2O3/c1-3-12-31(13-4-1)36-16-7-8-17-37(36)32-22-24-34(25-23-32)51(41-19-11-21-43-46(41)38-18-9-10-20-42(38)52-43)35-26-27-39-45(30-35)53-44-29-28-40-48(47(39)44)54-49(50-40)33-14-5-2-6-15-33/h1-30H. The zero-order chi connectivity index (χ0) is 35.6. The molecular weight excluding hydrogens is 665 g/mol. The molecule has 0 radical (unpaired) electrons. The van der Waals surface area contributed by atoms with Crippen molar-refractivity contribution in [1.29, 1.82) is 0 Å². The van der Waals surface area contributed by atoms with Crippen LogP contribution in [0.3, 0.4) is 0 Å². The van der Waals surface area contributed by atoms with Crippen molar-refractivity contribution in [2.75, 3.05) is 4.90 Å². The van der Waals surface area contributed by atoms with E-state index in [1.165, 1.54) is 16.7 Å². The van der Waals surface area contributed by atoms with E-state index in [-0.39, 0.29) is 0 Å². The number of benzene rings is 8. The molecule has 0 aliphatic rings. The molecule has 0 spiro atoms. The van der Waals surface area contributed by atoms with Crippen LogP contribution in [0.15, 0.2) is 195 Å². The number of furan rings is 2. The molecule has 0 amide bonds. The van der Waals surface area contributed by atoms with Crippen LogP contribution >= 0.6 is 0 Å². The number of para-hydroxylation sites is 1. The fourth-order valence-corrected chi connectivity index (χ4v) is 7.84. The lowest BCUT2D eigenvalue weighted by Crippen LogP contribution is -2.10. The van der Waals surface area contributed by atoms with Crippen molar-refractivity contribution < 1.29 is 13.3 Å². The number of anilines is 3. The molecule has 0 fully saturated rings. The summed E-state index contributed by atoms with van der Waals surface area (Å²) in [5.41, 5.74) is 13.3. The third-order valence-corrected chi connectivity index (χ3v) is 10.3. The van der Waals surface area contributed by atoms with Gasteiger partial charge < -0.3 is 18.2 Å². The quantitative estimate of drug-likeness (QED) is 0.173. The van der Waals surface area contributed by atoms with Crippen molar-refractivity contribution in [3.8, 4) is 33.7 Å². The molecule has 3 aromatic heterocycles. The van der Waals surface area contributed by atoms with Gasteiger partial charge in [0.1, 0.15) is 27.8 Å². The Morgan fingerprint density at radius 1 is 0.389 bits per heavy atom. The Labute approximate surface area is 309 Å². The largest absolute Gasteiger partial charge is 0.456 e. The minimum Gasteiger partial charge on any atom is -0.456 e. The Morgan fingerprint density at radius 2 is 1.00 bits per heavy atom. The SMILES string of the molecule is c1ccc(-c2nc3ccc4oc5cc(N(c6ccc(-c7ccccc7-c7ccccc7)cc6)c6cccc7oc8ccccc8c67)ccc5c4c3o2)cc1. The molecule has 0 aliphatic heterocycles. The lowest BCUT2D eigenvalue weighted by Gasteiger charge is -2.26. The van der Waals surface area contributed by atoms with Gasteiger partial charge in [-0.05, 0) is 89.0 Å². The van der Waals surface area contributed by atoms with Gasteiger partial charge in [-0.25, -0.2) is 4.98 Å². The Bertz CT molecular complexity index is 3160. The highest BCUT2D eigenvalue weighted by atomic mass is 16.4. The predicted octanol–water partition coefficient (Wildman–Crippen LogP) is 14.1. The van der Waals surface area contributed by atoms with Gasteiger partial charge in [0.2, 0.25) is 5.89 Å². The summed E-state index contributed by atoms with van der Waals surface area (Å²) in [6.07, 6.45) is 0. The van der Waals surface area contributed by atoms with Crippen LogP contribution in [0.5, 0.6) is 0 Å². The number of fused-ring (bicyclic) bond motifs is 8. The Morgan fingerprint density at radius 3 is 1.80 bits per heavy atom. The molecule has 0 N–H and O–H groups in total. The average Bonchev–Trinajstić information content (AvgIpc) is 3.95. The first-order chi connectivity index (χ1) is 26.8. The van der Waals surface area contributed by atoms with Crippen LogP contribution in [0.2, 0.25) is 0 Å². The van der Waals surface area contributed by atoms with Gasteiger partial charge in [-0.3, -0.25) is 0 Å². The maximum absolute atomic E-state index is 6.58. The van der Waals surface area contributed by atoms with Crippen molar-refractivity contribution in [3.63, 3.8) is 0 Å².